The van der Waals surface area contributed by atoms with Crippen LogP contribution in [0.4, 0.5) is 0 Å². The number of aromatic nitrogens is 2. The van der Waals surface area contributed by atoms with Gasteiger partial charge in [0.2, 0.25) is 0 Å². The summed E-state index contributed by atoms with van der Waals surface area (Å²) in [5.74, 6) is 1.61. The number of allylic oxidation sites excluding steroid dienone is 1. The summed E-state index contributed by atoms with van der Waals surface area (Å²) in [6.07, 6.45) is 5.14. The van der Waals surface area contributed by atoms with E-state index in [4.69, 9.17) is 4.74 Å². The fraction of sp³-hybridized carbons (Fsp3) is 0.120. The van der Waals surface area contributed by atoms with Crippen molar-refractivity contribution >= 4 is 63.8 Å². The van der Waals surface area contributed by atoms with Crippen LogP contribution in [-0.2, 0) is 10.5 Å². The van der Waals surface area contributed by atoms with Gasteiger partial charge in [-0.1, -0.05) is 95.5 Å². The molecule has 0 unspecified atom stereocenters. The van der Waals surface area contributed by atoms with Crippen LogP contribution >= 0.6 is 34.9 Å². The highest BCUT2D eigenvalue weighted by atomic mass is 32.2. The number of nitrogens with zero attached hydrogens (tertiary/aromatic N) is 3. The van der Waals surface area contributed by atoms with E-state index in [0.29, 0.717) is 0 Å². The van der Waals surface area contributed by atoms with E-state index in [0.717, 1.165) is 25.7 Å². The van der Waals surface area contributed by atoms with E-state index < -0.39 is 0 Å². The highest BCUT2D eigenvalue weighted by Crippen LogP contribution is 2.32. The molecule has 1 N–H and O–H groups in total. The van der Waals surface area contributed by atoms with Gasteiger partial charge in [0.05, 0.1) is 12.9 Å². The lowest BCUT2D eigenvalue weighted by atomic mass is 10.1. The predicted octanol–water partition coefficient (Wildman–Crippen LogP) is 5.90. The van der Waals surface area contributed by atoms with Crippen molar-refractivity contribution in [3.05, 3.63) is 83.9 Å². The molecular weight excluding hydrogens is 485 g/mol. The molecule has 9 heteroatoms. The fourth-order valence-corrected chi connectivity index (χ4v) is 5.95. The smallest absolute Gasteiger partial charge is 0.250 e. The topological polar surface area (TPSA) is 76.5 Å². The summed E-state index contributed by atoms with van der Waals surface area (Å²) in [6, 6.07) is 22.4. The molecule has 6 nitrogen and oxygen atoms in total. The minimum atomic E-state index is -0.202. The van der Waals surface area contributed by atoms with Crippen molar-refractivity contribution in [2.75, 3.05) is 12.9 Å². The number of fused-ring (bicyclic) bond motifs is 1. The van der Waals surface area contributed by atoms with Crippen molar-refractivity contribution in [1.82, 2.24) is 15.6 Å². The minimum absolute atomic E-state index is 0.202. The van der Waals surface area contributed by atoms with Gasteiger partial charge in [-0.05, 0) is 34.6 Å². The molecule has 0 spiro atoms. The monoisotopic (exact) mass is 506 g/mol. The number of carbonyl (C=O) groups is 1. The second-order valence-corrected chi connectivity index (χ2v) is 10.4. The molecule has 0 aliphatic carbocycles. The first-order chi connectivity index (χ1) is 16.7. The van der Waals surface area contributed by atoms with Gasteiger partial charge in [-0.25, -0.2) is 5.43 Å². The molecule has 172 valence electrons. The number of rotatable bonds is 10. The summed E-state index contributed by atoms with van der Waals surface area (Å²) in [5.41, 5.74) is 4.72. The van der Waals surface area contributed by atoms with Crippen LogP contribution in [-0.4, -0.2) is 35.2 Å². The first-order valence-corrected chi connectivity index (χ1v) is 13.2. The van der Waals surface area contributed by atoms with E-state index in [1.54, 1.807) is 24.9 Å². The van der Waals surface area contributed by atoms with Gasteiger partial charge < -0.3 is 4.74 Å². The third-order valence-electron chi connectivity index (χ3n) is 4.71. The highest BCUT2D eigenvalue weighted by molar-refractivity contribution is 8.03. The molecule has 0 bridgehead atoms. The first kappa shape index (κ1) is 24.0. The Hall–Kier alpha value is -3.14. The van der Waals surface area contributed by atoms with E-state index >= 15 is 0 Å². The number of methoxy groups -OCH3 is 1. The number of ether oxygens (including phenoxy) is 1. The third-order valence-corrected chi connectivity index (χ3v) is 7.95. The molecule has 1 aromatic heterocycles. The molecule has 0 fully saturated rings. The van der Waals surface area contributed by atoms with Crippen LogP contribution in [0, 0.1) is 0 Å². The van der Waals surface area contributed by atoms with Crippen LogP contribution in [0.25, 0.3) is 16.8 Å². The standard InChI is InChI=1S/C25H22N4O2S3/c1-31-22-14-5-3-9-19(22)12-7-15-26-27-23(30)17-33-25-29-28-24(34-25)32-16-20-11-6-10-18-8-2-4-13-21(18)20/h2-15H,16-17H2,1H3,(H,27,30)/b12-7+,26-15+. The first-order valence-electron chi connectivity index (χ1n) is 10.4. The Labute approximate surface area is 210 Å². The molecule has 0 radical (unpaired) electrons. The highest BCUT2D eigenvalue weighted by Gasteiger charge is 2.09. The summed E-state index contributed by atoms with van der Waals surface area (Å²) < 4.78 is 6.94. The van der Waals surface area contributed by atoms with Crippen molar-refractivity contribution in [2.45, 2.75) is 14.4 Å². The zero-order valence-electron chi connectivity index (χ0n) is 18.4. The molecule has 4 rings (SSSR count). The van der Waals surface area contributed by atoms with Crippen molar-refractivity contribution in [2.24, 2.45) is 5.10 Å². The largest absolute Gasteiger partial charge is 0.496 e. The Kier molecular flexibility index (Phi) is 8.72. The zero-order valence-corrected chi connectivity index (χ0v) is 20.8. The number of carbonyl (C=O) groups excluding carboxylic acids is 1. The molecule has 0 aliphatic heterocycles. The molecule has 4 aromatic rings. The lowest BCUT2D eigenvalue weighted by Crippen LogP contribution is -2.19. The number of thioether (sulfide) groups is 2. The molecule has 0 saturated carbocycles. The number of nitrogens with one attached hydrogen (secondary N) is 1. The Balaban J connectivity index is 1.21. The lowest BCUT2D eigenvalue weighted by Gasteiger charge is -2.04. The van der Waals surface area contributed by atoms with Crippen LogP contribution in [0.1, 0.15) is 11.1 Å². The van der Waals surface area contributed by atoms with Crippen molar-refractivity contribution in [3.8, 4) is 5.75 Å². The average molecular weight is 507 g/mol. The van der Waals surface area contributed by atoms with Crippen LogP contribution in [0.15, 0.2) is 86.6 Å². The number of benzene rings is 3. The third kappa shape index (κ3) is 6.69. The summed E-state index contributed by atoms with van der Waals surface area (Å²) in [7, 11) is 1.63. The van der Waals surface area contributed by atoms with E-state index in [1.165, 1.54) is 45.6 Å². The van der Waals surface area contributed by atoms with Crippen LogP contribution in [0.2, 0.25) is 0 Å². The SMILES string of the molecule is COc1ccccc1/C=C/C=N/NC(=O)CSc1nnc(SCc2cccc3ccccc23)s1. The molecular formula is C25H22N4O2S3. The number of hydrogen-bond acceptors (Lipinski definition) is 8. The van der Waals surface area contributed by atoms with E-state index in [2.05, 4.69) is 57.1 Å². The van der Waals surface area contributed by atoms with Crippen LogP contribution < -0.4 is 10.2 Å². The second-order valence-electron chi connectivity index (χ2n) is 6.96. The van der Waals surface area contributed by atoms with Gasteiger partial charge >= 0.3 is 0 Å². The van der Waals surface area contributed by atoms with Crippen molar-refractivity contribution < 1.29 is 9.53 Å². The van der Waals surface area contributed by atoms with E-state index in [9.17, 15) is 4.79 Å². The Morgan fingerprint density at radius 2 is 1.79 bits per heavy atom. The van der Waals surface area contributed by atoms with Crippen LogP contribution in [0.3, 0.4) is 0 Å². The summed E-state index contributed by atoms with van der Waals surface area (Å²) in [5, 5.41) is 14.9. The van der Waals surface area contributed by atoms with Crippen LogP contribution in [0.5, 0.6) is 5.75 Å². The maximum absolute atomic E-state index is 12.1. The maximum atomic E-state index is 12.1. The molecule has 0 saturated heterocycles. The predicted molar refractivity (Wildman–Crippen MR) is 143 cm³/mol. The molecule has 3 aromatic carbocycles. The Morgan fingerprint density at radius 3 is 2.68 bits per heavy atom. The van der Waals surface area contributed by atoms with Gasteiger partial charge in [0.15, 0.2) is 8.68 Å². The summed E-state index contributed by atoms with van der Waals surface area (Å²) in [4.78, 5) is 12.1. The number of para-hydroxylation sites is 1. The average Bonchev–Trinajstić information content (AvgIpc) is 3.34. The maximum Gasteiger partial charge on any atom is 0.250 e. The number of hydrogen-bond donors (Lipinski definition) is 1. The van der Waals surface area contributed by atoms with Gasteiger partial charge in [0.1, 0.15) is 5.75 Å². The minimum Gasteiger partial charge on any atom is -0.496 e. The quantitative estimate of drug-likeness (QED) is 0.164. The van der Waals surface area contributed by atoms with Gasteiger partial charge in [-0.15, -0.1) is 10.2 Å². The number of hydrazone groups is 1. The summed E-state index contributed by atoms with van der Waals surface area (Å²) in [6.45, 7) is 0. The Morgan fingerprint density at radius 1 is 1.03 bits per heavy atom. The Bertz CT molecular complexity index is 1320. The van der Waals surface area contributed by atoms with Gasteiger partial charge in [0, 0.05) is 17.5 Å². The summed E-state index contributed by atoms with van der Waals surface area (Å²) >= 11 is 4.50. The molecule has 1 amide bonds. The van der Waals surface area contributed by atoms with Crippen molar-refractivity contribution in [1.29, 1.82) is 0 Å². The van der Waals surface area contributed by atoms with Crippen molar-refractivity contribution in [3.63, 3.8) is 0 Å². The lowest BCUT2D eigenvalue weighted by molar-refractivity contribution is -0.118. The van der Waals surface area contributed by atoms with E-state index in [1.807, 2.05) is 36.4 Å². The molecule has 0 aliphatic rings. The molecule has 1 heterocycles. The normalized spacial score (nSPS) is 11.4. The molecule has 0 atom stereocenters. The molecule has 34 heavy (non-hydrogen) atoms. The second kappa shape index (κ2) is 12.4. The zero-order chi connectivity index (χ0) is 23.6. The van der Waals surface area contributed by atoms with Gasteiger partial charge in [0.25, 0.3) is 5.91 Å². The van der Waals surface area contributed by atoms with E-state index in [-0.39, 0.29) is 11.7 Å². The fourth-order valence-electron chi connectivity index (χ4n) is 3.13. The number of amides is 1. The van der Waals surface area contributed by atoms with Gasteiger partial charge in [-0.3, -0.25) is 4.79 Å². The van der Waals surface area contributed by atoms with Gasteiger partial charge in [-0.2, -0.15) is 5.10 Å².